The molecule has 0 fully saturated rings. The van der Waals surface area contributed by atoms with Gasteiger partial charge in [0.15, 0.2) is 17.3 Å². The highest BCUT2D eigenvalue weighted by atomic mass is 35.5. The predicted molar refractivity (Wildman–Crippen MR) is 112 cm³/mol. The van der Waals surface area contributed by atoms with Gasteiger partial charge in [0.05, 0.1) is 33.4 Å². The van der Waals surface area contributed by atoms with Gasteiger partial charge in [0.1, 0.15) is 5.82 Å². The minimum Gasteiger partial charge on any atom is -0.493 e. The monoisotopic (exact) mass is 433 g/mol. The van der Waals surface area contributed by atoms with Gasteiger partial charge in [-0.1, -0.05) is 17.7 Å². The van der Waals surface area contributed by atoms with E-state index in [1.54, 1.807) is 28.9 Å². The summed E-state index contributed by atoms with van der Waals surface area (Å²) in [4.78, 5) is 12.8. The van der Waals surface area contributed by atoms with Crippen LogP contribution in [0.5, 0.6) is 17.2 Å². The van der Waals surface area contributed by atoms with E-state index >= 15 is 0 Å². The van der Waals surface area contributed by atoms with Crippen LogP contribution >= 0.6 is 11.6 Å². The molecule has 0 unspecified atom stereocenters. The number of amides is 1. The molecule has 0 atom stereocenters. The number of aromatic nitrogens is 2. The van der Waals surface area contributed by atoms with Gasteiger partial charge in [-0.2, -0.15) is 5.10 Å². The predicted octanol–water partition coefficient (Wildman–Crippen LogP) is 4.31. The normalized spacial score (nSPS) is 10.6. The fraction of sp³-hybridized carbons (Fsp3) is 0.238. The quantitative estimate of drug-likeness (QED) is 0.601. The van der Waals surface area contributed by atoms with Crippen LogP contribution in [-0.4, -0.2) is 37.0 Å². The molecule has 9 heteroatoms. The van der Waals surface area contributed by atoms with Gasteiger partial charge in [0, 0.05) is 16.8 Å². The fourth-order valence-electron chi connectivity index (χ4n) is 3.01. The first-order valence-electron chi connectivity index (χ1n) is 8.96. The molecule has 0 saturated carbocycles. The molecule has 7 nitrogen and oxygen atoms in total. The number of anilines is 1. The number of hydrogen-bond donors (Lipinski definition) is 1. The van der Waals surface area contributed by atoms with Gasteiger partial charge in [0.2, 0.25) is 5.75 Å². The number of benzene rings is 2. The van der Waals surface area contributed by atoms with Crippen molar-refractivity contribution in [1.29, 1.82) is 0 Å². The van der Waals surface area contributed by atoms with Crippen molar-refractivity contribution in [2.45, 2.75) is 13.5 Å². The summed E-state index contributed by atoms with van der Waals surface area (Å²) in [5, 5.41) is 7.46. The molecule has 0 aliphatic carbocycles. The summed E-state index contributed by atoms with van der Waals surface area (Å²) in [5.74, 6) is 0.550. The summed E-state index contributed by atoms with van der Waals surface area (Å²) in [6.07, 6.45) is 0. The number of aryl methyl sites for hydroxylation is 1. The van der Waals surface area contributed by atoms with Crippen molar-refractivity contribution in [3.05, 3.63) is 64.1 Å². The molecule has 0 spiro atoms. The van der Waals surface area contributed by atoms with E-state index in [2.05, 4.69) is 10.4 Å². The molecule has 1 N–H and O–H groups in total. The van der Waals surface area contributed by atoms with E-state index in [4.69, 9.17) is 25.8 Å². The Labute approximate surface area is 178 Å². The van der Waals surface area contributed by atoms with Crippen molar-refractivity contribution in [3.8, 4) is 17.2 Å². The fourth-order valence-corrected chi connectivity index (χ4v) is 3.23. The highest BCUT2D eigenvalue weighted by Gasteiger charge is 2.21. The second kappa shape index (κ2) is 9.04. The summed E-state index contributed by atoms with van der Waals surface area (Å²) >= 11 is 6.10. The van der Waals surface area contributed by atoms with Crippen LogP contribution < -0.4 is 19.5 Å². The van der Waals surface area contributed by atoms with Gasteiger partial charge in [-0.3, -0.25) is 9.48 Å². The van der Waals surface area contributed by atoms with Crippen LogP contribution in [0.2, 0.25) is 5.02 Å². The summed E-state index contributed by atoms with van der Waals surface area (Å²) in [6.45, 7) is 2.18. The molecule has 0 aliphatic heterocycles. The van der Waals surface area contributed by atoms with Gasteiger partial charge in [-0.15, -0.1) is 0 Å². The number of rotatable bonds is 7. The first-order valence-corrected chi connectivity index (χ1v) is 9.34. The van der Waals surface area contributed by atoms with Crippen molar-refractivity contribution in [2.75, 3.05) is 26.6 Å². The van der Waals surface area contributed by atoms with E-state index in [9.17, 15) is 9.18 Å². The summed E-state index contributed by atoms with van der Waals surface area (Å²) in [5.41, 5.74) is 1.78. The zero-order chi connectivity index (χ0) is 21.8. The molecule has 3 aromatic rings. The molecule has 1 amide bonds. The molecule has 1 aromatic heterocycles. The summed E-state index contributed by atoms with van der Waals surface area (Å²) < 4.78 is 30.8. The Morgan fingerprint density at radius 2 is 1.83 bits per heavy atom. The largest absolute Gasteiger partial charge is 0.493 e. The van der Waals surface area contributed by atoms with Crippen LogP contribution in [0.15, 0.2) is 36.4 Å². The van der Waals surface area contributed by atoms with Gasteiger partial charge in [-0.25, -0.2) is 4.39 Å². The van der Waals surface area contributed by atoms with Crippen molar-refractivity contribution in [2.24, 2.45) is 0 Å². The lowest BCUT2D eigenvalue weighted by molar-refractivity contribution is 0.102. The van der Waals surface area contributed by atoms with Crippen molar-refractivity contribution in [1.82, 2.24) is 9.78 Å². The van der Waals surface area contributed by atoms with E-state index in [-0.39, 0.29) is 11.3 Å². The Hall–Kier alpha value is -3.26. The smallest absolute Gasteiger partial charge is 0.260 e. The minimum atomic E-state index is -0.419. The van der Waals surface area contributed by atoms with Crippen molar-refractivity contribution >= 4 is 23.3 Å². The molecule has 158 valence electrons. The summed E-state index contributed by atoms with van der Waals surface area (Å²) in [6, 6.07) is 9.12. The molecular weight excluding hydrogens is 413 g/mol. The zero-order valence-electron chi connectivity index (χ0n) is 17.0. The molecule has 0 saturated heterocycles. The zero-order valence-corrected chi connectivity index (χ0v) is 17.7. The van der Waals surface area contributed by atoms with Crippen LogP contribution in [0.3, 0.4) is 0 Å². The second-order valence-electron chi connectivity index (χ2n) is 6.40. The Balaban J connectivity index is 1.84. The number of ether oxygens (including phenoxy) is 3. The number of halogens is 2. The van der Waals surface area contributed by atoms with Crippen LogP contribution in [0.4, 0.5) is 10.2 Å². The maximum atomic E-state index is 13.3. The van der Waals surface area contributed by atoms with E-state index < -0.39 is 11.7 Å². The van der Waals surface area contributed by atoms with E-state index in [1.807, 2.05) is 6.92 Å². The molecular formula is C21H21ClFN3O4. The average molecular weight is 434 g/mol. The topological polar surface area (TPSA) is 74.6 Å². The number of carbonyl (C=O) groups is 1. The van der Waals surface area contributed by atoms with Gasteiger partial charge < -0.3 is 19.5 Å². The first-order chi connectivity index (χ1) is 14.4. The number of nitrogens with zero attached hydrogens (tertiary/aromatic N) is 2. The SMILES string of the molecule is COc1ccc(C(=O)Nc2cc(C)n(Cc3ccc(F)cc3Cl)n2)c(OC)c1OC. The lowest BCUT2D eigenvalue weighted by atomic mass is 10.1. The molecule has 1 heterocycles. The number of methoxy groups -OCH3 is 3. The van der Waals surface area contributed by atoms with E-state index in [1.165, 1.54) is 33.5 Å². The van der Waals surface area contributed by atoms with Gasteiger partial charge >= 0.3 is 0 Å². The number of hydrogen-bond acceptors (Lipinski definition) is 5. The molecule has 0 aliphatic rings. The lowest BCUT2D eigenvalue weighted by Gasteiger charge is -2.15. The van der Waals surface area contributed by atoms with E-state index in [0.717, 1.165) is 5.69 Å². The standard InChI is InChI=1S/C21H21ClFN3O4/c1-12-9-18(25-26(12)11-13-5-6-14(23)10-16(13)22)24-21(27)15-7-8-17(28-2)20(30-4)19(15)29-3/h5-10H,11H2,1-4H3,(H,24,25,27). The number of nitrogens with one attached hydrogen (secondary N) is 1. The lowest BCUT2D eigenvalue weighted by Crippen LogP contribution is -2.15. The second-order valence-corrected chi connectivity index (χ2v) is 6.81. The molecule has 3 rings (SSSR count). The Kier molecular flexibility index (Phi) is 6.47. The van der Waals surface area contributed by atoms with Gasteiger partial charge in [0.25, 0.3) is 5.91 Å². The molecule has 0 radical (unpaired) electrons. The third kappa shape index (κ3) is 4.33. The molecule has 2 aromatic carbocycles. The Morgan fingerprint density at radius 1 is 1.10 bits per heavy atom. The Morgan fingerprint density at radius 3 is 2.47 bits per heavy atom. The van der Waals surface area contributed by atoms with Crippen LogP contribution in [-0.2, 0) is 6.54 Å². The Bertz CT molecular complexity index is 1080. The highest BCUT2D eigenvalue weighted by Crippen LogP contribution is 2.39. The summed E-state index contributed by atoms with van der Waals surface area (Å²) in [7, 11) is 4.41. The maximum Gasteiger partial charge on any atom is 0.260 e. The van der Waals surface area contributed by atoms with E-state index in [0.29, 0.717) is 34.4 Å². The van der Waals surface area contributed by atoms with Crippen molar-refractivity contribution < 1.29 is 23.4 Å². The molecule has 30 heavy (non-hydrogen) atoms. The van der Waals surface area contributed by atoms with Gasteiger partial charge in [-0.05, 0) is 36.8 Å². The van der Waals surface area contributed by atoms with Crippen LogP contribution in [0, 0.1) is 12.7 Å². The van der Waals surface area contributed by atoms with Crippen molar-refractivity contribution in [3.63, 3.8) is 0 Å². The average Bonchev–Trinajstić information content (AvgIpc) is 3.07. The number of carbonyl (C=O) groups excluding carboxylic acids is 1. The third-order valence-corrected chi connectivity index (χ3v) is 4.86. The first kappa shape index (κ1) is 21.4. The third-order valence-electron chi connectivity index (χ3n) is 4.51. The minimum absolute atomic E-state index is 0.253. The van der Waals surface area contributed by atoms with Crippen LogP contribution in [0.1, 0.15) is 21.6 Å². The molecule has 0 bridgehead atoms. The highest BCUT2D eigenvalue weighted by molar-refractivity contribution is 6.31. The van der Waals surface area contributed by atoms with Crippen LogP contribution in [0.25, 0.3) is 0 Å². The maximum absolute atomic E-state index is 13.3.